The number of rotatable bonds is 9. The van der Waals surface area contributed by atoms with E-state index in [9.17, 15) is 0 Å². The molecule has 0 fully saturated rings. The summed E-state index contributed by atoms with van der Waals surface area (Å²) in [6, 6.07) is 4.52. The van der Waals surface area contributed by atoms with E-state index in [4.69, 9.17) is 14.2 Å². The highest BCUT2D eigenvalue weighted by Crippen LogP contribution is 2.37. The molecule has 114 valence electrons. The Labute approximate surface area is 129 Å². The molecule has 0 aliphatic carbocycles. The van der Waals surface area contributed by atoms with Crippen molar-refractivity contribution in [2.75, 3.05) is 26.9 Å². The minimum Gasteiger partial charge on any atom is -0.490 e. The summed E-state index contributed by atoms with van der Waals surface area (Å²) in [4.78, 5) is 0. The first-order valence-electron chi connectivity index (χ1n) is 6.88. The molecule has 0 saturated carbocycles. The maximum atomic E-state index is 5.72. The molecule has 1 aromatic carbocycles. The van der Waals surface area contributed by atoms with Crippen molar-refractivity contribution in [3.05, 3.63) is 22.2 Å². The molecule has 1 aromatic rings. The van der Waals surface area contributed by atoms with Crippen LogP contribution in [0.1, 0.15) is 26.3 Å². The van der Waals surface area contributed by atoms with Gasteiger partial charge < -0.3 is 19.5 Å². The summed E-state index contributed by atoms with van der Waals surface area (Å²) in [7, 11) is 1.66. The second kappa shape index (κ2) is 9.21. The molecule has 0 spiro atoms. The van der Waals surface area contributed by atoms with E-state index in [0.717, 1.165) is 28.1 Å². The lowest BCUT2D eigenvalue weighted by molar-refractivity contribution is 0.143. The van der Waals surface area contributed by atoms with E-state index in [0.29, 0.717) is 25.9 Å². The van der Waals surface area contributed by atoms with Gasteiger partial charge in [-0.05, 0) is 40.5 Å². The molecule has 0 aromatic heterocycles. The Bertz CT molecular complexity index is 410. The van der Waals surface area contributed by atoms with Crippen molar-refractivity contribution < 1.29 is 14.2 Å². The van der Waals surface area contributed by atoms with E-state index in [1.54, 1.807) is 7.11 Å². The molecule has 4 nitrogen and oxygen atoms in total. The Morgan fingerprint density at radius 3 is 2.55 bits per heavy atom. The van der Waals surface area contributed by atoms with Crippen LogP contribution in [0.5, 0.6) is 11.5 Å². The van der Waals surface area contributed by atoms with Crippen molar-refractivity contribution in [1.82, 2.24) is 5.32 Å². The number of methoxy groups -OCH3 is 1. The summed E-state index contributed by atoms with van der Waals surface area (Å²) in [5, 5.41) is 3.39. The van der Waals surface area contributed by atoms with Crippen LogP contribution in [-0.2, 0) is 11.3 Å². The predicted octanol–water partition coefficient (Wildman–Crippen LogP) is 3.37. The molecular formula is C15H24BrNO3. The first-order chi connectivity index (χ1) is 9.58. The van der Waals surface area contributed by atoms with Crippen LogP contribution in [-0.4, -0.2) is 33.0 Å². The van der Waals surface area contributed by atoms with E-state index >= 15 is 0 Å². The van der Waals surface area contributed by atoms with Crippen molar-refractivity contribution >= 4 is 15.9 Å². The van der Waals surface area contributed by atoms with E-state index in [1.807, 2.05) is 13.0 Å². The molecule has 0 atom stereocenters. The van der Waals surface area contributed by atoms with Gasteiger partial charge in [-0.1, -0.05) is 13.8 Å². The average molecular weight is 346 g/mol. The summed E-state index contributed by atoms with van der Waals surface area (Å²) in [6.07, 6.45) is 0. The SMILES string of the molecule is CCOc1cc(CNC(C)C)cc(Br)c1OCCOC. The number of nitrogens with one attached hydrogen (secondary N) is 1. The molecule has 0 amide bonds. The highest BCUT2D eigenvalue weighted by atomic mass is 79.9. The van der Waals surface area contributed by atoms with Gasteiger partial charge in [-0.25, -0.2) is 0 Å². The second-order valence-electron chi connectivity index (χ2n) is 4.71. The van der Waals surface area contributed by atoms with Crippen LogP contribution in [0.4, 0.5) is 0 Å². The number of hydrogen-bond acceptors (Lipinski definition) is 4. The fourth-order valence-corrected chi connectivity index (χ4v) is 2.28. The molecule has 0 heterocycles. The number of hydrogen-bond donors (Lipinski definition) is 1. The van der Waals surface area contributed by atoms with Crippen molar-refractivity contribution in [3.8, 4) is 11.5 Å². The first kappa shape index (κ1) is 17.3. The molecule has 0 bridgehead atoms. The molecule has 0 radical (unpaired) electrons. The van der Waals surface area contributed by atoms with E-state index in [-0.39, 0.29) is 0 Å². The molecule has 0 aliphatic rings. The zero-order chi connectivity index (χ0) is 15.0. The average Bonchev–Trinajstić information content (AvgIpc) is 2.39. The molecule has 1 rings (SSSR count). The molecule has 5 heteroatoms. The van der Waals surface area contributed by atoms with Crippen molar-refractivity contribution in [2.24, 2.45) is 0 Å². The van der Waals surface area contributed by atoms with Crippen LogP contribution >= 0.6 is 15.9 Å². The van der Waals surface area contributed by atoms with E-state index in [2.05, 4.69) is 41.2 Å². The van der Waals surface area contributed by atoms with Gasteiger partial charge in [0.15, 0.2) is 11.5 Å². The molecule has 1 N–H and O–H groups in total. The van der Waals surface area contributed by atoms with Gasteiger partial charge in [0.2, 0.25) is 0 Å². The summed E-state index contributed by atoms with van der Waals surface area (Å²) in [5.41, 5.74) is 1.16. The second-order valence-corrected chi connectivity index (χ2v) is 5.57. The van der Waals surface area contributed by atoms with Crippen LogP contribution in [0.3, 0.4) is 0 Å². The lowest BCUT2D eigenvalue weighted by Crippen LogP contribution is -2.21. The molecule has 20 heavy (non-hydrogen) atoms. The lowest BCUT2D eigenvalue weighted by Gasteiger charge is -2.16. The Morgan fingerprint density at radius 1 is 1.20 bits per heavy atom. The van der Waals surface area contributed by atoms with Crippen molar-refractivity contribution in [1.29, 1.82) is 0 Å². The van der Waals surface area contributed by atoms with Crippen LogP contribution in [0.2, 0.25) is 0 Å². The number of ether oxygens (including phenoxy) is 3. The smallest absolute Gasteiger partial charge is 0.175 e. The monoisotopic (exact) mass is 345 g/mol. The third-order valence-corrected chi connectivity index (χ3v) is 3.21. The summed E-state index contributed by atoms with van der Waals surface area (Å²) >= 11 is 3.55. The quantitative estimate of drug-likeness (QED) is 0.696. The maximum absolute atomic E-state index is 5.72. The molecule has 0 saturated heterocycles. The summed E-state index contributed by atoms with van der Waals surface area (Å²) < 4.78 is 17.3. The molecule has 0 aliphatic heterocycles. The van der Waals surface area contributed by atoms with E-state index < -0.39 is 0 Å². The Hall–Kier alpha value is -0.780. The topological polar surface area (TPSA) is 39.7 Å². The molecule has 0 unspecified atom stereocenters. The lowest BCUT2D eigenvalue weighted by atomic mass is 10.2. The van der Waals surface area contributed by atoms with Gasteiger partial charge in [0.05, 0.1) is 17.7 Å². The Kier molecular flexibility index (Phi) is 7.95. The predicted molar refractivity (Wildman–Crippen MR) is 84.7 cm³/mol. The Morgan fingerprint density at radius 2 is 1.95 bits per heavy atom. The standard InChI is InChI=1S/C15H24BrNO3/c1-5-19-14-9-12(10-17-11(2)3)8-13(16)15(14)20-7-6-18-4/h8-9,11,17H,5-7,10H2,1-4H3. The van der Waals surface area contributed by atoms with Crippen molar-refractivity contribution in [3.63, 3.8) is 0 Å². The van der Waals surface area contributed by atoms with Crippen LogP contribution in [0.25, 0.3) is 0 Å². The highest BCUT2D eigenvalue weighted by molar-refractivity contribution is 9.10. The Balaban J connectivity index is 2.87. The van der Waals surface area contributed by atoms with Gasteiger partial charge in [0.1, 0.15) is 6.61 Å². The fraction of sp³-hybridized carbons (Fsp3) is 0.600. The highest BCUT2D eigenvalue weighted by Gasteiger charge is 2.12. The zero-order valence-corrected chi connectivity index (χ0v) is 14.2. The zero-order valence-electron chi connectivity index (χ0n) is 12.7. The van der Waals surface area contributed by atoms with Crippen molar-refractivity contribution in [2.45, 2.75) is 33.4 Å². The maximum Gasteiger partial charge on any atom is 0.175 e. The normalized spacial score (nSPS) is 10.9. The summed E-state index contributed by atoms with van der Waals surface area (Å²) in [5.74, 6) is 1.50. The van der Waals surface area contributed by atoms with Crippen LogP contribution < -0.4 is 14.8 Å². The molecular weight excluding hydrogens is 322 g/mol. The number of halogens is 1. The van der Waals surface area contributed by atoms with Gasteiger partial charge in [0.25, 0.3) is 0 Å². The van der Waals surface area contributed by atoms with Crippen LogP contribution in [0.15, 0.2) is 16.6 Å². The first-order valence-corrected chi connectivity index (χ1v) is 7.68. The van der Waals surface area contributed by atoms with Gasteiger partial charge in [-0.3, -0.25) is 0 Å². The number of benzene rings is 1. The van der Waals surface area contributed by atoms with Gasteiger partial charge >= 0.3 is 0 Å². The largest absolute Gasteiger partial charge is 0.490 e. The van der Waals surface area contributed by atoms with Crippen LogP contribution in [0, 0.1) is 0 Å². The van der Waals surface area contributed by atoms with Gasteiger partial charge in [-0.15, -0.1) is 0 Å². The third-order valence-electron chi connectivity index (χ3n) is 2.62. The van der Waals surface area contributed by atoms with E-state index in [1.165, 1.54) is 0 Å². The van der Waals surface area contributed by atoms with Gasteiger partial charge in [0, 0.05) is 19.7 Å². The fourth-order valence-electron chi connectivity index (χ4n) is 1.68. The minimum absolute atomic E-state index is 0.446. The van der Waals surface area contributed by atoms with Gasteiger partial charge in [-0.2, -0.15) is 0 Å². The minimum atomic E-state index is 0.446. The summed E-state index contributed by atoms with van der Waals surface area (Å²) in [6.45, 7) is 8.67. The third kappa shape index (κ3) is 5.69.